The Morgan fingerprint density at radius 1 is 1.11 bits per heavy atom. The number of nitrogens with zero attached hydrogens (tertiary/aromatic N) is 1. The lowest BCUT2D eigenvalue weighted by Crippen LogP contribution is -2.25. The molecule has 0 saturated carbocycles. The maximum absolute atomic E-state index is 10.7. The van der Waals surface area contributed by atoms with Gasteiger partial charge in [-0.15, -0.1) is 0 Å². The smallest absolute Gasteiger partial charge is 0.485 e. The van der Waals surface area contributed by atoms with Crippen LogP contribution >= 0.6 is 11.3 Å². The molecule has 0 amide bonds. The van der Waals surface area contributed by atoms with Gasteiger partial charge in [0.15, 0.2) is 16.7 Å². The molecule has 1 aliphatic heterocycles. The first-order valence-electron chi connectivity index (χ1n) is 8.38. The Kier molecular flexibility index (Phi) is 7.80. The van der Waals surface area contributed by atoms with Crippen molar-refractivity contribution < 1.29 is 30.7 Å². The summed E-state index contributed by atoms with van der Waals surface area (Å²) in [6, 6.07) is 12.8. The van der Waals surface area contributed by atoms with Crippen LogP contribution < -0.4 is 0 Å². The van der Waals surface area contributed by atoms with E-state index in [9.17, 15) is 13.2 Å². The molecule has 0 saturated heterocycles. The molecule has 28 heavy (non-hydrogen) atoms. The second-order valence-corrected chi connectivity index (χ2v) is 8.12. The van der Waals surface area contributed by atoms with Crippen molar-refractivity contribution in [1.29, 1.82) is 0 Å². The normalized spacial score (nSPS) is 14.6. The highest BCUT2D eigenvalue weighted by atomic mass is 32.2. The number of halogens is 3. The fourth-order valence-electron chi connectivity index (χ4n) is 2.49. The van der Waals surface area contributed by atoms with Gasteiger partial charge in [0.05, 0.1) is 0 Å². The Bertz CT molecular complexity index is 955. The molecule has 9 heteroatoms. The molecule has 1 aromatic heterocycles. The summed E-state index contributed by atoms with van der Waals surface area (Å²) < 4.78 is 61.3. The Balaban J connectivity index is 0.000000300. The van der Waals surface area contributed by atoms with Gasteiger partial charge in [-0.05, 0) is 17.9 Å². The van der Waals surface area contributed by atoms with Gasteiger partial charge in [0.1, 0.15) is 6.54 Å². The summed E-state index contributed by atoms with van der Waals surface area (Å²) in [6.07, 6.45) is 3.65. The van der Waals surface area contributed by atoms with Crippen LogP contribution in [0, 0.1) is 11.8 Å². The lowest BCUT2D eigenvalue weighted by molar-refractivity contribution is -0.547. The first-order chi connectivity index (χ1) is 13.2. The third-order valence-corrected chi connectivity index (χ3v) is 5.10. The minimum atomic E-state index is -6.09. The molecule has 3 rings (SSSR count). The standard InChI is InChI=1S/C18H18NS.CHF3O3S/c1-2-6-16(7-3-1)14-19-12-5-4-8-18(19)10-9-17-11-13-20-15-17;2-1(3,4)8(5,6)7/h1-3,6-7,11,13,15H,4-5,8,12,14H2;(H,5,6,7)/q+1;/p-1. The first kappa shape index (κ1) is 22.1. The van der Waals surface area contributed by atoms with E-state index < -0.39 is 15.6 Å². The summed E-state index contributed by atoms with van der Waals surface area (Å²) in [5, 5.41) is 4.19. The highest BCUT2D eigenvalue weighted by molar-refractivity contribution is 7.86. The van der Waals surface area contributed by atoms with Gasteiger partial charge in [0.25, 0.3) is 0 Å². The van der Waals surface area contributed by atoms with Crippen molar-refractivity contribution in [3.05, 3.63) is 58.3 Å². The lowest BCUT2D eigenvalue weighted by atomic mass is 10.1. The van der Waals surface area contributed by atoms with Crippen LogP contribution in [0.4, 0.5) is 13.2 Å². The van der Waals surface area contributed by atoms with Crippen LogP contribution in [0.25, 0.3) is 0 Å². The number of thiophene rings is 1. The molecule has 150 valence electrons. The number of hydrogen-bond donors (Lipinski definition) is 0. The van der Waals surface area contributed by atoms with E-state index in [1.165, 1.54) is 24.1 Å². The van der Waals surface area contributed by atoms with Gasteiger partial charge >= 0.3 is 5.51 Å². The van der Waals surface area contributed by atoms with E-state index in [1.807, 2.05) is 0 Å². The molecule has 0 fully saturated rings. The summed E-state index contributed by atoms with van der Waals surface area (Å²) in [5.74, 6) is 6.69. The fourth-order valence-corrected chi connectivity index (χ4v) is 3.08. The highest BCUT2D eigenvalue weighted by Crippen LogP contribution is 2.20. The number of rotatable bonds is 2. The van der Waals surface area contributed by atoms with Crippen molar-refractivity contribution in [1.82, 2.24) is 0 Å². The minimum absolute atomic E-state index is 0.981. The quantitative estimate of drug-likeness (QED) is 0.314. The van der Waals surface area contributed by atoms with Crippen molar-refractivity contribution >= 4 is 27.2 Å². The molecular formula is C19H18F3NO3S2. The molecule has 0 unspecified atom stereocenters. The summed E-state index contributed by atoms with van der Waals surface area (Å²) in [7, 11) is -6.09. The lowest BCUT2D eigenvalue weighted by Gasteiger charge is -2.11. The maximum Gasteiger partial charge on any atom is 0.485 e. The van der Waals surface area contributed by atoms with E-state index in [2.05, 4.69) is 63.6 Å². The second kappa shape index (κ2) is 9.87. The number of alkyl halides is 3. The SMILES string of the molecule is C(#Cc1ccsc1)C1=[N+](Cc2ccccc2)CCCC1.O=S(=O)([O-])C(F)(F)F. The molecule has 2 heterocycles. The zero-order valence-corrected chi connectivity index (χ0v) is 16.4. The third kappa shape index (κ3) is 7.11. The Hall–Kier alpha value is -2.15. The molecule has 0 N–H and O–H groups in total. The van der Waals surface area contributed by atoms with Crippen molar-refractivity contribution in [3.8, 4) is 11.8 Å². The molecular weight excluding hydrogens is 411 g/mol. The van der Waals surface area contributed by atoms with Gasteiger partial charge in [-0.2, -0.15) is 24.5 Å². The summed E-state index contributed by atoms with van der Waals surface area (Å²) in [4.78, 5) is 0. The summed E-state index contributed by atoms with van der Waals surface area (Å²) >= 11 is 1.70. The Morgan fingerprint density at radius 2 is 1.79 bits per heavy atom. The van der Waals surface area contributed by atoms with Gasteiger partial charge in [0, 0.05) is 35.3 Å². The number of benzene rings is 1. The predicted molar refractivity (Wildman–Crippen MR) is 101 cm³/mol. The van der Waals surface area contributed by atoms with Crippen molar-refractivity contribution in [2.45, 2.75) is 31.3 Å². The molecule has 2 aromatic rings. The monoisotopic (exact) mass is 429 g/mol. The third-order valence-electron chi connectivity index (χ3n) is 3.85. The molecule has 0 atom stereocenters. The second-order valence-electron chi connectivity index (χ2n) is 5.97. The van der Waals surface area contributed by atoms with Crippen molar-refractivity contribution in [3.63, 3.8) is 0 Å². The average molecular weight is 429 g/mol. The van der Waals surface area contributed by atoms with Crippen LogP contribution in [0.1, 0.15) is 30.4 Å². The van der Waals surface area contributed by atoms with Crippen LogP contribution in [0.15, 0.2) is 47.2 Å². The molecule has 0 aliphatic carbocycles. The van der Waals surface area contributed by atoms with Gasteiger partial charge in [0.2, 0.25) is 5.71 Å². The highest BCUT2D eigenvalue weighted by Gasteiger charge is 2.36. The van der Waals surface area contributed by atoms with E-state index in [1.54, 1.807) is 11.3 Å². The number of hydrogen-bond acceptors (Lipinski definition) is 4. The average Bonchev–Trinajstić information content (AvgIpc) is 3.14. The molecule has 1 aliphatic rings. The fraction of sp³-hybridized carbons (Fsp3) is 0.316. The van der Waals surface area contributed by atoms with E-state index in [-0.39, 0.29) is 0 Å². The van der Waals surface area contributed by atoms with Crippen molar-refractivity contribution in [2.24, 2.45) is 0 Å². The van der Waals surface area contributed by atoms with Gasteiger partial charge in [-0.3, -0.25) is 0 Å². The first-order valence-corrected chi connectivity index (χ1v) is 10.7. The Morgan fingerprint density at radius 3 is 2.36 bits per heavy atom. The predicted octanol–water partition coefficient (Wildman–Crippen LogP) is 3.99. The largest absolute Gasteiger partial charge is 0.741 e. The van der Waals surface area contributed by atoms with E-state index in [0.29, 0.717) is 0 Å². The van der Waals surface area contributed by atoms with Crippen LogP contribution in [0.3, 0.4) is 0 Å². The van der Waals surface area contributed by atoms with E-state index in [4.69, 9.17) is 13.0 Å². The van der Waals surface area contributed by atoms with Crippen LogP contribution in [0.5, 0.6) is 0 Å². The van der Waals surface area contributed by atoms with Gasteiger partial charge in [-0.25, -0.2) is 13.0 Å². The van der Waals surface area contributed by atoms with Crippen LogP contribution in [-0.2, 0) is 16.7 Å². The van der Waals surface area contributed by atoms with Gasteiger partial charge < -0.3 is 4.55 Å². The van der Waals surface area contributed by atoms with E-state index in [0.717, 1.165) is 25.1 Å². The van der Waals surface area contributed by atoms with Gasteiger partial charge in [-0.1, -0.05) is 36.3 Å². The molecule has 1 aromatic carbocycles. The molecule has 0 bridgehead atoms. The van der Waals surface area contributed by atoms with E-state index >= 15 is 0 Å². The minimum Gasteiger partial charge on any atom is -0.741 e. The van der Waals surface area contributed by atoms with Crippen LogP contribution in [0.2, 0.25) is 0 Å². The zero-order valence-electron chi connectivity index (χ0n) is 14.8. The van der Waals surface area contributed by atoms with Crippen molar-refractivity contribution in [2.75, 3.05) is 6.54 Å². The molecule has 0 spiro atoms. The Labute approximate surface area is 166 Å². The summed E-state index contributed by atoms with van der Waals surface area (Å²) in [6.45, 7) is 2.11. The molecule has 4 nitrogen and oxygen atoms in total. The maximum atomic E-state index is 10.7. The molecule has 0 radical (unpaired) electrons. The summed E-state index contributed by atoms with van der Waals surface area (Å²) in [5.41, 5.74) is -1.85. The zero-order chi connectivity index (χ0) is 20.6. The topological polar surface area (TPSA) is 60.2 Å². The van der Waals surface area contributed by atoms with Crippen LogP contribution in [-0.4, -0.2) is 35.3 Å².